The molecule has 1 amide bonds. The Hall–Kier alpha value is -2.63. The largest absolute Gasteiger partial charge is 0.490 e. The van der Waals surface area contributed by atoms with Crippen LogP contribution in [0.15, 0.2) is 41.2 Å². The van der Waals surface area contributed by atoms with Gasteiger partial charge in [-0.05, 0) is 43.5 Å². The molecule has 148 valence electrons. The zero-order valence-corrected chi connectivity index (χ0v) is 16.3. The van der Waals surface area contributed by atoms with Crippen LogP contribution in [0.5, 0.6) is 5.75 Å². The third kappa shape index (κ3) is 3.43. The summed E-state index contributed by atoms with van der Waals surface area (Å²) in [5, 5.41) is 0. The molecule has 4 rings (SSSR count). The zero-order valence-electron chi connectivity index (χ0n) is 16.3. The van der Waals surface area contributed by atoms with Crippen LogP contribution in [0, 0.1) is 12.7 Å². The molecule has 6 heteroatoms. The number of nitrogens with zero attached hydrogens (tertiary/aromatic N) is 2. The number of pyridine rings is 1. The molecule has 1 aromatic carbocycles. The number of carbonyl (C=O) groups excluding carboxylic acids is 1. The normalized spacial score (nSPS) is 18.8. The van der Waals surface area contributed by atoms with E-state index in [1.54, 1.807) is 23.7 Å². The molecular weight excluding hydrogens is 359 g/mol. The molecule has 0 unspecified atom stereocenters. The number of hydrogen-bond acceptors (Lipinski definition) is 3. The van der Waals surface area contributed by atoms with Crippen LogP contribution in [-0.4, -0.2) is 34.6 Å². The highest BCUT2D eigenvalue weighted by atomic mass is 19.1. The molecular formula is C22H25FN2O3. The molecule has 2 heterocycles. The lowest BCUT2D eigenvalue weighted by Crippen LogP contribution is -2.46. The van der Waals surface area contributed by atoms with Crippen LogP contribution in [0.1, 0.15) is 36.9 Å². The van der Waals surface area contributed by atoms with Gasteiger partial charge in [0.25, 0.3) is 5.56 Å². The van der Waals surface area contributed by atoms with E-state index in [1.807, 2.05) is 17.9 Å². The molecule has 0 bridgehead atoms. The van der Waals surface area contributed by atoms with Crippen molar-refractivity contribution in [3.05, 3.63) is 63.8 Å². The van der Waals surface area contributed by atoms with E-state index in [9.17, 15) is 14.0 Å². The topological polar surface area (TPSA) is 51.5 Å². The summed E-state index contributed by atoms with van der Waals surface area (Å²) in [5.74, 6) is 0.452. The van der Waals surface area contributed by atoms with Crippen LogP contribution in [-0.2, 0) is 17.3 Å². The maximum Gasteiger partial charge on any atom is 0.254 e. The number of rotatable bonds is 4. The Labute approximate surface area is 163 Å². The van der Waals surface area contributed by atoms with Crippen molar-refractivity contribution in [2.75, 3.05) is 13.1 Å². The van der Waals surface area contributed by atoms with Crippen molar-refractivity contribution in [1.29, 1.82) is 0 Å². The lowest BCUT2D eigenvalue weighted by Gasteiger charge is -2.34. The van der Waals surface area contributed by atoms with Crippen LogP contribution in [0.2, 0.25) is 0 Å². The number of hydrogen-bond donors (Lipinski definition) is 0. The van der Waals surface area contributed by atoms with E-state index in [4.69, 9.17) is 4.74 Å². The van der Waals surface area contributed by atoms with Gasteiger partial charge in [0.05, 0.1) is 5.41 Å². The predicted octanol–water partition coefficient (Wildman–Crippen LogP) is 2.93. The minimum Gasteiger partial charge on any atom is -0.490 e. The Morgan fingerprint density at radius 1 is 1.14 bits per heavy atom. The monoisotopic (exact) mass is 384 g/mol. The minimum atomic E-state index is -0.468. The van der Waals surface area contributed by atoms with Gasteiger partial charge in [-0.3, -0.25) is 9.59 Å². The van der Waals surface area contributed by atoms with Crippen LogP contribution < -0.4 is 10.3 Å². The van der Waals surface area contributed by atoms with Crippen molar-refractivity contribution in [1.82, 2.24) is 9.47 Å². The van der Waals surface area contributed by atoms with Crippen molar-refractivity contribution in [2.24, 2.45) is 7.05 Å². The molecule has 5 nitrogen and oxygen atoms in total. The lowest BCUT2D eigenvalue weighted by molar-refractivity contribution is -0.135. The van der Waals surface area contributed by atoms with E-state index in [-0.39, 0.29) is 23.4 Å². The minimum absolute atomic E-state index is 0.00321. The van der Waals surface area contributed by atoms with Crippen molar-refractivity contribution in [2.45, 2.75) is 44.1 Å². The highest BCUT2D eigenvalue weighted by molar-refractivity contribution is 5.91. The molecule has 0 radical (unpaired) electrons. The first-order chi connectivity index (χ1) is 13.4. The maximum absolute atomic E-state index is 13.2. The van der Waals surface area contributed by atoms with E-state index >= 15 is 0 Å². The highest BCUT2D eigenvalue weighted by Gasteiger charge is 2.53. The summed E-state index contributed by atoms with van der Waals surface area (Å²) in [5.41, 5.74) is 1.21. The second-order valence-electron chi connectivity index (χ2n) is 7.93. The average Bonchev–Trinajstić information content (AvgIpc) is 3.48. The molecule has 1 aliphatic heterocycles. The summed E-state index contributed by atoms with van der Waals surface area (Å²) in [6, 6.07) is 9.69. The van der Waals surface area contributed by atoms with Gasteiger partial charge in [0.1, 0.15) is 17.7 Å². The summed E-state index contributed by atoms with van der Waals surface area (Å²) in [7, 11) is 1.74. The Balaban J connectivity index is 1.38. The third-order valence-electron chi connectivity index (χ3n) is 6.06. The fraction of sp³-hybridized carbons (Fsp3) is 0.455. The van der Waals surface area contributed by atoms with Crippen LogP contribution in [0.25, 0.3) is 0 Å². The number of aromatic nitrogens is 1. The average molecular weight is 384 g/mol. The fourth-order valence-corrected chi connectivity index (χ4v) is 4.00. The summed E-state index contributed by atoms with van der Waals surface area (Å²) in [4.78, 5) is 26.9. The van der Waals surface area contributed by atoms with Gasteiger partial charge in [0.2, 0.25) is 5.91 Å². The van der Waals surface area contributed by atoms with Crippen LogP contribution >= 0.6 is 0 Å². The molecule has 0 atom stereocenters. The van der Waals surface area contributed by atoms with Gasteiger partial charge >= 0.3 is 0 Å². The van der Waals surface area contributed by atoms with Gasteiger partial charge in [0, 0.05) is 44.7 Å². The first-order valence-electron chi connectivity index (χ1n) is 9.79. The first-order valence-corrected chi connectivity index (χ1v) is 9.79. The Kier molecular flexibility index (Phi) is 4.73. The quantitative estimate of drug-likeness (QED) is 0.815. The van der Waals surface area contributed by atoms with Gasteiger partial charge in [-0.15, -0.1) is 0 Å². The number of ether oxygens (including phenoxy) is 1. The molecule has 1 aromatic heterocycles. The fourth-order valence-electron chi connectivity index (χ4n) is 4.00. The molecule has 2 aliphatic rings. The SMILES string of the molecule is Cc1cc(OC2CCN(C(=O)C3(c4ccc(F)cc4)CC3)CC2)cc(=O)n1C. The predicted molar refractivity (Wildman–Crippen MR) is 104 cm³/mol. The van der Waals surface area contributed by atoms with Crippen LogP contribution in [0.3, 0.4) is 0 Å². The van der Waals surface area contributed by atoms with Crippen molar-refractivity contribution < 1.29 is 13.9 Å². The molecule has 28 heavy (non-hydrogen) atoms. The lowest BCUT2D eigenvalue weighted by atomic mass is 9.93. The molecule has 0 spiro atoms. The van der Waals surface area contributed by atoms with Crippen molar-refractivity contribution in [3.8, 4) is 5.75 Å². The molecule has 2 aromatic rings. The molecule has 2 fully saturated rings. The second-order valence-corrected chi connectivity index (χ2v) is 7.93. The molecule has 1 aliphatic carbocycles. The number of likely N-dealkylation sites (tertiary alicyclic amines) is 1. The van der Waals surface area contributed by atoms with E-state index in [1.165, 1.54) is 18.2 Å². The number of aryl methyl sites for hydroxylation is 1. The number of amides is 1. The second kappa shape index (κ2) is 7.08. The maximum atomic E-state index is 13.2. The van der Waals surface area contributed by atoms with E-state index in [0.717, 1.165) is 36.9 Å². The molecule has 1 saturated carbocycles. The van der Waals surface area contributed by atoms with E-state index in [2.05, 4.69) is 0 Å². The van der Waals surface area contributed by atoms with Crippen LogP contribution in [0.4, 0.5) is 4.39 Å². The van der Waals surface area contributed by atoms with E-state index in [0.29, 0.717) is 18.8 Å². The molecule has 0 N–H and O–H groups in total. The highest BCUT2D eigenvalue weighted by Crippen LogP contribution is 2.49. The summed E-state index contributed by atoms with van der Waals surface area (Å²) >= 11 is 0. The summed E-state index contributed by atoms with van der Waals surface area (Å²) in [6.07, 6.45) is 3.11. The Morgan fingerprint density at radius 2 is 1.79 bits per heavy atom. The Bertz CT molecular complexity index is 939. The zero-order chi connectivity index (χ0) is 19.9. The molecule has 1 saturated heterocycles. The first kappa shape index (κ1) is 18.7. The summed E-state index contributed by atoms with van der Waals surface area (Å²) < 4.78 is 20.8. The van der Waals surface area contributed by atoms with Gasteiger partial charge in [-0.2, -0.15) is 0 Å². The van der Waals surface area contributed by atoms with Gasteiger partial charge in [-0.25, -0.2) is 4.39 Å². The number of benzene rings is 1. The third-order valence-corrected chi connectivity index (χ3v) is 6.06. The van der Waals surface area contributed by atoms with Crippen molar-refractivity contribution in [3.63, 3.8) is 0 Å². The van der Waals surface area contributed by atoms with Gasteiger partial charge < -0.3 is 14.2 Å². The van der Waals surface area contributed by atoms with Crippen molar-refractivity contribution >= 4 is 5.91 Å². The number of carbonyl (C=O) groups is 1. The van der Waals surface area contributed by atoms with Gasteiger partial charge in [0.15, 0.2) is 0 Å². The van der Waals surface area contributed by atoms with E-state index < -0.39 is 5.41 Å². The Morgan fingerprint density at radius 3 is 2.36 bits per heavy atom. The number of piperidine rings is 1. The standard InChI is InChI=1S/C22H25FN2O3/c1-15-13-19(14-20(26)24(15)2)28-18-7-11-25(12-8-18)21(27)22(9-10-22)16-3-5-17(23)6-4-16/h3-6,13-14,18H,7-12H2,1-2H3. The smallest absolute Gasteiger partial charge is 0.254 e. The van der Waals surface area contributed by atoms with Gasteiger partial charge in [-0.1, -0.05) is 12.1 Å². The summed E-state index contributed by atoms with van der Waals surface area (Å²) in [6.45, 7) is 3.15. The number of halogens is 1.